The zero-order valence-electron chi connectivity index (χ0n) is 7.47. The van der Waals surface area contributed by atoms with Gasteiger partial charge >= 0.3 is 0 Å². The molecule has 0 aromatic heterocycles. The van der Waals surface area contributed by atoms with Gasteiger partial charge in [0.2, 0.25) is 0 Å². The summed E-state index contributed by atoms with van der Waals surface area (Å²) < 4.78 is 5.46. The Hall–Kier alpha value is -0.370. The summed E-state index contributed by atoms with van der Waals surface area (Å²) in [5.41, 5.74) is -0.305. The minimum atomic E-state index is -0.305. The van der Waals surface area contributed by atoms with E-state index in [0.717, 1.165) is 32.3 Å². The topological polar surface area (TPSA) is 26.3 Å². The number of Topliss-reactive ketones (excluding diaryl/α,β-unsaturated/α-hetero) is 1. The average Bonchev–Trinajstić information content (AvgIpc) is 1.94. The van der Waals surface area contributed by atoms with Crippen LogP contribution >= 0.6 is 0 Å². The van der Waals surface area contributed by atoms with E-state index in [1.54, 1.807) is 0 Å². The number of ether oxygens (including phenoxy) is 1. The van der Waals surface area contributed by atoms with Crippen LogP contribution in [0.3, 0.4) is 0 Å². The van der Waals surface area contributed by atoms with Gasteiger partial charge in [0.15, 0.2) is 5.78 Å². The van der Waals surface area contributed by atoms with E-state index in [1.807, 2.05) is 0 Å². The lowest BCUT2D eigenvalue weighted by atomic mass is 9.80. The molecule has 0 bridgehead atoms. The van der Waals surface area contributed by atoms with E-state index in [-0.39, 0.29) is 5.60 Å². The number of carbonyl (C=O) groups excluding carboxylic acids is 1. The van der Waals surface area contributed by atoms with Crippen molar-refractivity contribution in [2.24, 2.45) is 0 Å². The van der Waals surface area contributed by atoms with Crippen LogP contribution in [0.2, 0.25) is 0 Å². The summed E-state index contributed by atoms with van der Waals surface area (Å²) in [6.45, 7) is 0.797. The molecule has 0 aromatic carbocycles. The van der Waals surface area contributed by atoms with E-state index in [0.29, 0.717) is 5.78 Å². The van der Waals surface area contributed by atoms with E-state index in [2.05, 4.69) is 0 Å². The molecule has 2 rings (SSSR count). The van der Waals surface area contributed by atoms with Crippen LogP contribution < -0.4 is 0 Å². The molecule has 0 aromatic rings. The number of ketones is 1. The van der Waals surface area contributed by atoms with Gasteiger partial charge in [0.1, 0.15) is 5.60 Å². The zero-order chi connectivity index (χ0) is 8.44. The Balaban J connectivity index is 2.02. The number of carbonyl (C=O) groups is 1. The van der Waals surface area contributed by atoms with Crippen LogP contribution in [0, 0.1) is 0 Å². The average molecular weight is 168 g/mol. The van der Waals surface area contributed by atoms with Crippen LogP contribution in [0.5, 0.6) is 0 Å². The lowest BCUT2D eigenvalue weighted by Crippen LogP contribution is -2.51. The molecule has 0 amide bonds. The number of rotatable bonds is 0. The summed E-state index contributed by atoms with van der Waals surface area (Å²) >= 11 is 0. The molecule has 2 fully saturated rings. The molecule has 1 aliphatic carbocycles. The maximum atomic E-state index is 11.6. The Morgan fingerprint density at radius 1 is 1.08 bits per heavy atom. The first-order chi connectivity index (χ1) is 5.83. The Kier molecular flexibility index (Phi) is 2.18. The third-order valence-electron chi connectivity index (χ3n) is 3.13. The van der Waals surface area contributed by atoms with Gasteiger partial charge in [-0.3, -0.25) is 4.79 Å². The van der Waals surface area contributed by atoms with E-state index in [4.69, 9.17) is 4.74 Å². The second-order valence-electron chi connectivity index (χ2n) is 3.93. The van der Waals surface area contributed by atoms with Crippen molar-refractivity contribution in [3.8, 4) is 0 Å². The van der Waals surface area contributed by atoms with Gasteiger partial charge in [0.05, 0.1) is 6.61 Å². The van der Waals surface area contributed by atoms with E-state index < -0.39 is 0 Å². The van der Waals surface area contributed by atoms with E-state index >= 15 is 0 Å². The molecule has 1 aliphatic heterocycles. The molecular weight excluding hydrogens is 152 g/mol. The molecule has 68 valence electrons. The van der Waals surface area contributed by atoms with Crippen molar-refractivity contribution in [2.75, 3.05) is 6.61 Å². The van der Waals surface area contributed by atoms with Gasteiger partial charge in [0, 0.05) is 12.8 Å². The first kappa shape index (κ1) is 8.24. The summed E-state index contributed by atoms with van der Waals surface area (Å²) in [5, 5.41) is 0. The first-order valence-corrected chi connectivity index (χ1v) is 5.01. The van der Waals surface area contributed by atoms with Gasteiger partial charge in [0.25, 0.3) is 0 Å². The van der Waals surface area contributed by atoms with Gasteiger partial charge in [-0.2, -0.15) is 0 Å². The van der Waals surface area contributed by atoms with Crippen LogP contribution in [0.1, 0.15) is 44.9 Å². The Morgan fingerprint density at radius 2 is 1.83 bits per heavy atom. The highest BCUT2D eigenvalue weighted by molar-refractivity contribution is 5.88. The van der Waals surface area contributed by atoms with Crippen LogP contribution in [-0.4, -0.2) is 18.0 Å². The highest BCUT2D eigenvalue weighted by Gasteiger charge is 2.44. The van der Waals surface area contributed by atoms with Crippen molar-refractivity contribution in [1.82, 2.24) is 0 Å². The quantitative estimate of drug-likeness (QED) is 0.553. The van der Waals surface area contributed by atoms with Crippen LogP contribution in [0.4, 0.5) is 0 Å². The van der Waals surface area contributed by atoms with Crippen molar-refractivity contribution in [1.29, 1.82) is 0 Å². The Morgan fingerprint density at radius 3 is 2.50 bits per heavy atom. The van der Waals surface area contributed by atoms with Gasteiger partial charge in [-0.15, -0.1) is 0 Å². The van der Waals surface area contributed by atoms with Gasteiger partial charge in [-0.05, 0) is 12.8 Å². The fourth-order valence-corrected chi connectivity index (χ4v) is 2.18. The zero-order valence-corrected chi connectivity index (χ0v) is 7.47. The molecule has 0 N–H and O–H groups in total. The second kappa shape index (κ2) is 3.17. The van der Waals surface area contributed by atoms with Gasteiger partial charge in [-0.1, -0.05) is 19.3 Å². The second-order valence-corrected chi connectivity index (χ2v) is 3.93. The predicted molar refractivity (Wildman–Crippen MR) is 46.0 cm³/mol. The molecule has 1 spiro atoms. The summed E-state index contributed by atoms with van der Waals surface area (Å²) in [4.78, 5) is 11.6. The van der Waals surface area contributed by atoms with Crippen LogP contribution in [0.25, 0.3) is 0 Å². The van der Waals surface area contributed by atoms with Crippen LogP contribution in [-0.2, 0) is 9.53 Å². The largest absolute Gasteiger partial charge is 0.367 e. The maximum Gasteiger partial charge on any atom is 0.164 e. The van der Waals surface area contributed by atoms with Crippen molar-refractivity contribution in [2.45, 2.75) is 50.5 Å². The van der Waals surface area contributed by atoms with Crippen molar-refractivity contribution >= 4 is 5.78 Å². The summed E-state index contributed by atoms with van der Waals surface area (Å²) in [6.07, 6.45) is 7.45. The lowest BCUT2D eigenvalue weighted by molar-refractivity contribution is -0.177. The van der Waals surface area contributed by atoms with Crippen LogP contribution in [0.15, 0.2) is 0 Å². The maximum absolute atomic E-state index is 11.6. The lowest BCUT2D eigenvalue weighted by Gasteiger charge is -2.41. The number of hydrogen-bond acceptors (Lipinski definition) is 2. The highest BCUT2D eigenvalue weighted by atomic mass is 16.5. The molecule has 1 saturated carbocycles. The third-order valence-corrected chi connectivity index (χ3v) is 3.13. The number of hydrogen-bond donors (Lipinski definition) is 0. The van der Waals surface area contributed by atoms with Crippen molar-refractivity contribution in [3.05, 3.63) is 0 Å². The normalized spacial score (nSPS) is 37.2. The van der Waals surface area contributed by atoms with Crippen molar-refractivity contribution in [3.63, 3.8) is 0 Å². The fourth-order valence-electron chi connectivity index (χ4n) is 2.18. The summed E-state index contributed by atoms with van der Waals surface area (Å²) in [7, 11) is 0. The van der Waals surface area contributed by atoms with E-state index in [9.17, 15) is 4.79 Å². The summed E-state index contributed by atoms with van der Waals surface area (Å²) in [5.74, 6) is 0.369. The molecule has 1 heterocycles. The molecule has 0 radical (unpaired) electrons. The Labute approximate surface area is 73.3 Å². The minimum absolute atomic E-state index is 0.305. The molecule has 1 unspecified atom stereocenters. The monoisotopic (exact) mass is 168 g/mol. The molecule has 12 heavy (non-hydrogen) atoms. The molecular formula is C10H16O2. The Bertz CT molecular complexity index is 182. The molecule has 1 saturated heterocycles. The predicted octanol–water partition coefficient (Wildman–Crippen LogP) is 2.07. The van der Waals surface area contributed by atoms with Crippen molar-refractivity contribution < 1.29 is 9.53 Å². The SMILES string of the molecule is O=C1CCCCCCC12CCO2. The molecule has 2 aliphatic rings. The highest BCUT2D eigenvalue weighted by Crippen LogP contribution is 2.36. The standard InChI is InChI=1S/C10H16O2/c11-9-5-3-1-2-4-6-10(9)7-8-12-10/h1-8H2. The molecule has 2 heteroatoms. The minimum Gasteiger partial charge on any atom is -0.367 e. The van der Waals surface area contributed by atoms with E-state index in [1.165, 1.54) is 19.3 Å². The van der Waals surface area contributed by atoms with Gasteiger partial charge < -0.3 is 4.74 Å². The van der Waals surface area contributed by atoms with Gasteiger partial charge in [-0.25, -0.2) is 0 Å². The first-order valence-electron chi connectivity index (χ1n) is 5.01. The summed E-state index contributed by atoms with van der Waals surface area (Å²) in [6, 6.07) is 0. The fraction of sp³-hybridized carbons (Fsp3) is 0.900. The molecule has 2 nitrogen and oxygen atoms in total. The third kappa shape index (κ3) is 1.28. The molecule has 1 atom stereocenters. The smallest absolute Gasteiger partial charge is 0.164 e.